The summed E-state index contributed by atoms with van der Waals surface area (Å²) in [7, 11) is 0. The molecule has 2 heterocycles. The maximum Gasteiger partial charge on any atom is 0.325 e. The number of carbonyl (C=O) groups excluding carboxylic acids is 3. The molecule has 1 fully saturated rings. The van der Waals surface area contributed by atoms with Crippen molar-refractivity contribution in [2.24, 2.45) is 0 Å². The highest BCUT2D eigenvalue weighted by molar-refractivity contribution is 6.10. The summed E-state index contributed by atoms with van der Waals surface area (Å²) in [4.78, 5) is 39.1. The molecule has 164 valence electrons. The van der Waals surface area contributed by atoms with E-state index in [9.17, 15) is 14.4 Å². The van der Waals surface area contributed by atoms with E-state index in [0.29, 0.717) is 36.0 Å². The Balaban J connectivity index is 1.47. The number of nitrogens with one attached hydrogen (secondary N) is 2. The zero-order valence-corrected chi connectivity index (χ0v) is 17.5. The summed E-state index contributed by atoms with van der Waals surface area (Å²) < 4.78 is 11.3. The molecule has 2 aliphatic heterocycles. The number of hydrogen-bond acceptors (Lipinski definition) is 6. The van der Waals surface area contributed by atoms with Gasteiger partial charge in [-0.1, -0.05) is 18.2 Å². The smallest absolute Gasteiger partial charge is 0.325 e. The van der Waals surface area contributed by atoms with Crippen LogP contribution in [-0.4, -0.2) is 42.5 Å². The maximum atomic E-state index is 13.1. The van der Waals surface area contributed by atoms with Gasteiger partial charge in [-0.25, -0.2) is 4.79 Å². The van der Waals surface area contributed by atoms with Crippen LogP contribution >= 0.6 is 0 Å². The monoisotopic (exact) mass is 434 g/mol. The summed E-state index contributed by atoms with van der Waals surface area (Å²) in [5.74, 6) is 0.0592. The third-order valence-electron chi connectivity index (χ3n) is 5.42. The Bertz CT molecular complexity index is 1110. The minimum Gasteiger partial charge on any atom is -0.490 e. The van der Waals surface area contributed by atoms with Gasteiger partial charge >= 0.3 is 6.03 Å². The lowest BCUT2D eigenvalue weighted by molar-refractivity contribution is -0.133. The van der Waals surface area contributed by atoms with Crippen LogP contribution in [0.25, 0.3) is 0 Å². The van der Waals surface area contributed by atoms with E-state index in [1.54, 1.807) is 49.4 Å². The van der Waals surface area contributed by atoms with E-state index in [0.717, 1.165) is 16.9 Å². The van der Waals surface area contributed by atoms with E-state index in [4.69, 9.17) is 14.7 Å². The minimum absolute atomic E-state index is 0.273. The van der Waals surface area contributed by atoms with Crippen LogP contribution in [0, 0.1) is 11.3 Å². The predicted octanol–water partition coefficient (Wildman–Crippen LogP) is 2.32. The topological polar surface area (TPSA) is 121 Å². The number of hydrogen-bond donors (Lipinski definition) is 2. The molecule has 0 spiro atoms. The normalized spacial score (nSPS) is 19.7. The number of fused-ring (bicyclic) bond motifs is 1. The van der Waals surface area contributed by atoms with Gasteiger partial charge in [0, 0.05) is 12.1 Å². The molecule has 2 aromatic rings. The number of imide groups is 1. The predicted molar refractivity (Wildman–Crippen MR) is 114 cm³/mol. The molecule has 9 nitrogen and oxygen atoms in total. The van der Waals surface area contributed by atoms with E-state index in [-0.39, 0.29) is 6.42 Å². The van der Waals surface area contributed by atoms with Gasteiger partial charge in [0.2, 0.25) is 5.91 Å². The first-order valence-corrected chi connectivity index (χ1v) is 10.2. The van der Waals surface area contributed by atoms with E-state index >= 15 is 0 Å². The number of urea groups is 1. The lowest BCUT2D eigenvalue weighted by atomic mass is 9.91. The highest BCUT2D eigenvalue weighted by Gasteiger charge is 2.49. The van der Waals surface area contributed by atoms with Crippen molar-refractivity contribution >= 4 is 23.5 Å². The Kier molecular flexibility index (Phi) is 5.69. The highest BCUT2D eigenvalue weighted by atomic mass is 16.5. The average molecular weight is 434 g/mol. The van der Waals surface area contributed by atoms with Crippen LogP contribution in [0.5, 0.6) is 11.5 Å². The number of carbonyl (C=O) groups is 3. The number of nitrogens with zero attached hydrogens (tertiary/aromatic N) is 2. The number of anilines is 1. The van der Waals surface area contributed by atoms with Crippen molar-refractivity contribution in [2.75, 3.05) is 25.1 Å². The Morgan fingerprint density at radius 1 is 1.16 bits per heavy atom. The molecular weight excluding hydrogens is 412 g/mol. The molecule has 2 aliphatic rings. The minimum atomic E-state index is -1.33. The van der Waals surface area contributed by atoms with Crippen molar-refractivity contribution in [3.63, 3.8) is 0 Å². The number of benzene rings is 2. The van der Waals surface area contributed by atoms with Crippen molar-refractivity contribution in [1.29, 1.82) is 5.26 Å². The summed E-state index contributed by atoms with van der Waals surface area (Å²) in [5.41, 5.74) is 0.539. The van der Waals surface area contributed by atoms with E-state index < -0.39 is 29.9 Å². The van der Waals surface area contributed by atoms with Crippen molar-refractivity contribution in [1.82, 2.24) is 10.2 Å². The van der Waals surface area contributed by atoms with Crippen LogP contribution in [0.3, 0.4) is 0 Å². The molecule has 2 N–H and O–H groups in total. The molecule has 0 unspecified atom stereocenters. The first-order valence-electron chi connectivity index (χ1n) is 10.2. The van der Waals surface area contributed by atoms with Crippen molar-refractivity contribution in [2.45, 2.75) is 25.3 Å². The van der Waals surface area contributed by atoms with Gasteiger partial charge in [0.15, 0.2) is 11.5 Å². The maximum absolute atomic E-state index is 13.1. The third-order valence-corrected chi connectivity index (χ3v) is 5.42. The Labute approximate surface area is 184 Å². The van der Waals surface area contributed by atoms with Crippen LogP contribution in [0.1, 0.15) is 24.5 Å². The average Bonchev–Trinajstić information content (AvgIpc) is 2.94. The molecule has 0 radical (unpaired) electrons. The van der Waals surface area contributed by atoms with Crippen molar-refractivity contribution < 1.29 is 23.9 Å². The molecule has 1 saturated heterocycles. The second-order valence-corrected chi connectivity index (χ2v) is 7.74. The van der Waals surface area contributed by atoms with Crippen LogP contribution in [-0.2, 0) is 21.5 Å². The zero-order valence-electron chi connectivity index (χ0n) is 17.5. The van der Waals surface area contributed by atoms with Gasteiger partial charge in [-0.3, -0.25) is 14.5 Å². The molecule has 0 aromatic heterocycles. The number of rotatable bonds is 5. The first-order chi connectivity index (χ1) is 15.4. The number of ether oxygens (including phenoxy) is 2. The lowest BCUT2D eigenvalue weighted by Gasteiger charge is -2.23. The van der Waals surface area contributed by atoms with Gasteiger partial charge in [0.25, 0.3) is 5.91 Å². The lowest BCUT2D eigenvalue weighted by Crippen LogP contribution is -2.42. The fourth-order valence-electron chi connectivity index (χ4n) is 3.65. The fourth-order valence-corrected chi connectivity index (χ4v) is 3.65. The molecule has 1 atom stereocenters. The van der Waals surface area contributed by atoms with Crippen LogP contribution < -0.4 is 20.1 Å². The standard InChI is InChI=1S/C23H22N4O5/c1-23(16-5-8-18-19(13-16)32-12-2-11-31-18)21(29)27(22(30)26-23)14-20(28)25-17-6-3-15(4-7-17)9-10-24/h3-8,13H,2,9,11-12,14H2,1H3,(H,25,28)(H,26,30)/t23-/m1/s1. The second kappa shape index (κ2) is 8.59. The van der Waals surface area contributed by atoms with Gasteiger partial charge in [0.05, 0.1) is 25.7 Å². The van der Waals surface area contributed by atoms with Gasteiger partial charge in [-0.15, -0.1) is 0 Å². The Morgan fingerprint density at radius 3 is 2.59 bits per heavy atom. The summed E-state index contributed by atoms with van der Waals surface area (Å²) in [6.45, 7) is 2.21. The van der Waals surface area contributed by atoms with Gasteiger partial charge in [0.1, 0.15) is 12.1 Å². The van der Waals surface area contributed by atoms with Crippen LogP contribution in [0.4, 0.5) is 10.5 Å². The summed E-state index contributed by atoms with van der Waals surface area (Å²) in [6, 6.07) is 13.3. The molecular formula is C23H22N4O5. The number of amides is 4. The molecule has 4 rings (SSSR count). The fraction of sp³-hybridized carbons (Fsp3) is 0.304. The van der Waals surface area contributed by atoms with Crippen molar-refractivity contribution in [3.05, 3.63) is 53.6 Å². The quantitative estimate of drug-likeness (QED) is 0.697. The summed E-state index contributed by atoms with van der Waals surface area (Å²) >= 11 is 0. The Morgan fingerprint density at radius 2 is 1.88 bits per heavy atom. The summed E-state index contributed by atoms with van der Waals surface area (Å²) in [6.07, 6.45) is 1.02. The van der Waals surface area contributed by atoms with E-state index in [1.165, 1.54) is 0 Å². The molecule has 32 heavy (non-hydrogen) atoms. The zero-order chi connectivity index (χ0) is 22.7. The van der Waals surface area contributed by atoms with E-state index in [1.807, 2.05) is 0 Å². The molecule has 4 amide bonds. The number of nitriles is 1. The van der Waals surface area contributed by atoms with Crippen LogP contribution in [0.15, 0.2) is 42.5 Å². The van der Waals surface area contributed by atoms with E-state index in [2.05, 4.69) is 16.7 Å². The molecule has 9 heteroatoms. The molecule has 0 aliphatic carbocycles. The van der Waals surface area contributed by atoms with Gasteiger partial charge < -0.3 is 20.1 Å². The third kappa shape index (κ3) is 4.07. The summed E-state index contributed by atoms with van der Waals surface area (Å²) in [5, 5.41) is 14.1. The second-order valence-electron chi connectivity index (χ2n) is 7.74. The largest absolute Gasteiger partial charge is 0.490 e. The molecule has 0 bridgehead atoms. The first kappa shape index (κ1) is 21.2. The van der Waals surface area contributed by atoms with Gasteiger partial charge in [-0.05, 0) is 42.3 Å². The van der Waals surface area contributed by atoms with Gasteiger partial charge in [-0.2, -0.15) is 5.26 Å². The van der Waals surface area contributed by atoms with Crippen LogP contribution in [0.2, 0.25) is 0 Å². The highest BCUT2D eigenvalue weighted by Crippen LogP contribution is 2.36. The molecule has 2 aromatic carbocycles. The molecule has 0 saturated carbocycles. The SMILES string of the molecule is C[C@]1(c2ccc3c(c2)OCCCO3)NC(=O)N(CC(=O)Nc2ccc(CC#N)cc2)C1=O. The van der Waals surface area contributed by atoms with Crippen molar-refractivity contribution in [3.8, 4) is 17.6 Å². The Hall–Kier alpha value is -4.06.